The Morgan fingerprint density at radius 3 is 2.43 bits per heavy atom. The molecule has 1 aliphatic carbocycles. The third-order valence-corrected chi connectivity index (χ3v) is 4.89. The van der Waals surface area contributed by atoms with Crippen molar-refractivity contribution in [3.05, 3.63) is 58.6 Å². The van der Waals surface area contributed by atoms with Gasteiger partial charge in [-0.25, -0.2) is 8.78 Å². The second-order valence-corrected chi connectivity index (χ2v) is 6.54. The lowest BCUT2D eigenvalue weighted by Gasteiger charge is -2.09. The van der Waals surface area contributed by atoms with Gasteiger partial charge in [0.2, 0.25) is 0 Å². The summed E-state index contributed by atoms with van der Waals surface area (Å²) >= 11 is 7.04. The average molecular weight is 326 g/mol. The highest BCUT2D eigenvalue weighted by atomic mass is 35.5. The molecule has 1 saturated carbocycles. The minimum Gasteiger partial charge on any atom is -0.310 e. The van der Waals surface area contributed by atoms with Gasteiger partial charge in [0.05, 0.1) is 9.92 Å². The third kappa shape index (κ3) is 3.76. The Labute approximate surface area is 131 Å². The van der Waals surface area contributed by atoms with Crippen molar-refractivity contribution in [1.29, 1.82) is 0 Å². The molecule has 1 nitrogen and oxygen atoms in total. The summed E-state index contributed by atoms with van der Waals surface area (Å²) in [6, 6.07) is 10.3. The SMILES string of the molecule is Fc1cc(CNC2CC2)cc(F)c1Sc1ccccc1Cl. The molecule has 0 aromatic heterocycles. The fourth-order valence-corrected chi connectivity index (χ4v) is 3.10. The molecule has 0 atom stereocenters. The van der Waals surface area contributed by atoms with E-state index in [-0.39, 0.29) is 4.90 Å². The molecule has 1 fully saturated rings. The van der Waals surface area contributed by atoms with Gasteiger partial charge in [-0.3, -0.25) is 0 Å². The molecule has 0 saturated heterocycles. The predicted molar refractivity (Wildman–Crippen MR) is 81.8 cm³/mol. The fourth-order valence-electron chi connectivity index (χ4n) is 2.00. The predicted octanol–water partition coefficient (Wildman–Crippen LogP) is 5.02. The highest BCUT2D eigenvalue weighted by Gasteiger charge is 2.21. The number of hydrogen-bond acceptors (Lipinski definition) is 2. The Morgan fingerprint density at radius 2 is 1.81 bits per heavy atom. The third-order valence-electron chi connectivity index (χ3n) is 3.28. The van der Waals surface area contributed by atoms with Crippen LogP contribution in [0.5, 0.6) is 0 Å². The fraction of sp³-hybridized carbons (Fsp3) is 0.250. The van der Waals surface area contributed by atoms with E-state index in [0.29, 0.717) is 28.1 Å². The monoisotopic (exact) mass is 325 g/mol. The lowest BCUT2D eigenvalue weighted by atomic mass is 10.2. The standard InChI is InChI=1S/C16H14ClF2NS/c17-12-3-1-2-4-15(12)21-16-13(18)7-10(8-14(16)19)9-20-11-5-6-11/h1-4,7-8,11,20H,5-6,9H2. The molecule has 1 N–H and O–H groups in total. The Morgan fingerprint density at radius 1 is 1.14 bits per heavy atom. The van der Waals surface area contributed by atoms with Crippen molar-refractivity contribution in [2.45, 2.75) is 35.2 Å². The van der Waals surface area contributed by atoms with Crippen molar-refractivity contribution in [3.8, 4) is 0 Å². The highest BCUT2D eigenvalue weighted by Crippen LogP contribution is 2.36. The molecule has 2 aromatic rings. The summed E-state index contributed by atoms with van der Waals surface area (Å²) in [4.78, 5) is 0.624. The van der Waals surface area contributed by atoms with E-state index in [2.05, 4.69) is 5.32 Å². The van der Waals surface area contributed by atoms with Crippen LogP contribution in [0.15, 0.2) is 46.2 Å². The van der Waals surface area contributed by atoms with Crippen LogP contribution in [0.3, 0.4) is 0 Å². The molecule has 110 valence electrons. The van der Waals surface area contributed by atoms with E-state index in [1.54, 1.807) is 24.3 Å². The molecule has 0 radical (unpaired) electrons. The topological polar surface area (TPSA) is 12.0 Å². The molecule has 0 heterocycles. The zero-order valence-corrected chi connectivity index (χ0v) is 12.8. The van der Waals surface area contributed by atoms with E-state index < -0.39 is 11.6 Å². The van der Waals surface area contributed by atoms with Crippen LogP contribution in [0.25, 0.3) is 0 Å². The summed E-state index contributed by atoms with van der Waals surface area (Å²) in [6.45, 7) is 0.496. The Kier molecular flexibility index (Phi) is 4.48. The van der Waals surface area contributed by atoms with Gasteiger partial charge in [-0.05, 0) is 42.7 Å². The van der Waals surface area contributed by atoms with Crippen LogP contribution >= 0.6 is 23.4 Å². The number of benzene rings is 2. The molecule has 2 aromatic carbocycles. The van der Waals surface area contributed by atoms with Crippen LogP contribution in [0.2, 0.25) is 5.02 Å². The van der Waals surface area contributed by atoms with Crippen LogP contribution in [-0.2, 0) is 6.54 Å². The quantitative estimate of drug-likeness (QED) is 0.828. The first-order chi connectivity index (χ1) is 10.1. The lowest BCUT2D eigenvalue weighted by Crippen LogP contribution is -2.15. The van der Waals surface area contributed by atoms with Crippen molar-refractivity contribution >= 4 is 23.4 Å². The van der Waals surface area contributed by atoms with Crippen molar-refractivity contribution in [2.24, 2.45) is 0 Å². The first-order valence-electron chi connectivity index (χ1n) is 6.77. The summed E-state index contributed by atoms with van der Waals surface area (Å²) < 4.78 is 28.3. The smallest absolute Gasteiger partial charge is 0.140 e. The Bertz CT molecular complexity index is 635. The van der Waals surface area contributed by atoms with Gasteiger partial charge in [0, 0.05) is 17.5 Å². The zero-order valence-electron chi connectivity index (χ0n) is 11.2. The van der Waals surface area contributed by atoms with Crippen LogP contribution in [-0.4, -0.2) is 6.04 Å². The molecule has 5 heteroatoms. The van der Waals surface area contributed by atoms with E-state index in [9.17, 15) is 8.78 Å². The van der Waals surface area contributed by atoms with Gasteiger partial charge in [0.25, 0.3) is 0 Å². The lowest BCUT2D eigenvalue weighted by molar-refractivity contribution is 0.534. The van der Waals surface area contributed by atoms with E-state index in [4.69, 9.17) is 11.6 Å². The van der Waals surface area contributed by atoms with Crippen molar-refractivity contribution in [2.75, 3.05) is 0 Å². The van der Waals surface area contributed by atoms with Crippen molar-refractivity contribution < 1.29 is 8.78 Å². The summed E-state index contributed by atoms with van der Waals surface area (Å²) in [6.07, 6.45) is 2.29. The zero-order chi connectivity index (χ0) is 14.8. The van der Waals surface area contributed by atoms with E-state index in [1.165, 1.54) is 12.1 Å². The molecule has 0 amide bonds. The van der Waals surface area contributed by atoms with Gasteiger partial charge in [-0.2, -0.15) is 0 Å². The van der Waals surface area contributed by atoms with E-state index >= 15 is 0 Å². The maximum Gasteiger partial charge on any atom is 0.140 e. The number of halogens is 3. The van der Waals surface area contributed by atoms with Crippen LogP contribution < -0.4 is 5.32 Å². The summed E-state index contributed by atoms with van der Waals surface area (Å²) in [7, 11) is 0. The van der Waals surface area contributed by atoms with Gasteiger partial charge in [0.15, 0.2) is 0 Å². The molecular formula is C16H14ClF2NS. The minimum absolute atomic E-state index is 0.0155. The molecule has 1 aliphatic rings. The molecule has 0 bridgehead atoms. The van der Waals surface area contributed by atoms with Gasteiger partial charge in [0.1, 0.15) is 11.6 Å². The van der Waals surface area contributed by atoms with Gasteiger partial charge >= 0.3 is 0 Å². The van der Waals surface area contributed by atoms with Gasteiger partial charge < -0.3 is 5.32 Å². The summed E-state index contributed by atoms with van der Waals surface area (Å²) in [5.41, 5.74) is 0.625. The van der Waals surface area contributed by atoms with Crippen LogP contribution in [0.4, 0.5) is 8.78 Å². The molecule has 0 unspecified atom stereocenters. The number of nitrogens with one attached hydrogen (secondary N) is 1. The Hall–Kier alpha value is -1.10. The van der Waals surface area contributed by atoms with E-state index in [0.717, 1.165) is 24.6 Å². The second-order valence-electron chi connectivity index (χ2n) is 5.08. The van der Waals surface area contributed by atoms with Crippen molar-refractivity contribution in [3.63, 3.8) is 0 Å². The van der Waals surface area contributed by atoms with E-state index in [1.807, 2.05) is 0 Å². The highest BCUT2D eigenvalue weighted by molar-refractivity contribution is 7.99. The van der Waals surface area contributed by atoms with Gasteiger partial charge in [-0.1, -0.05) is 35.5 Å². The summed E-state index contributed by atoms with van der Waals surface area (Å²) in [5.74, 6) is -1.10. The Balaban J connectivity index is 1.80. The molecule has 0 spiro atoms. The maximum absolute atomic E-state index is 14.1. The first kappa shape index (κ1) is 14.8. The number of hydrogen-bond donors (Lipinski definition) is 1. The minimum atomic E-state index is -0.549. The summed E-state index contributed by atoms with van der Waals surface area (Å²) in [5, 5.41) is 3.73. The normalized spacial score (nSPS) is 14.4. The molecule has 3 rings (SSSR count). The average Bonchev–Trinajstić information content (AvgIpc) is 3.26. The first-order valence-corrected chi connectivity index (χ1v) is 7.96. The largest absolute Gasteiger partial charge is 0.310 e. The number of rotatable bonds is 5. The molecule has 0 aliphatic heterocycles. The van der Waals surface area contributed by atoms with Gasteiger partial charge in [-0.15, -0.1) is 0 Å². The van der Waals surface area contributed by atoms with Crippen molar-refractivity contribution in [1.82, 2.24) is 5.32 Å². The van der Waals surface area contributed by atoms with Crippen LogP contribution in [0.1, 0.15) is 18.4 Å². The second kappa shape index (κ2) is 6.34. The maximum atomic E-state index is 14.1. The molecular weight excluding hydrogens is 312 g/mol. The molecule has 21 heavy (non-hydrogen) atoms. The van der Waals surface area contributed by atoms with Crippen LogP contribution in [0, 0.1) is 11.6 Å².